The second kappa shape index (κ2) is 7.75. The van der Waals surface area contributed by atoms with E-state index >= 15 is 0 Å². The van der Waals surface area contributed by atoms with Crippen LogP contribution in [0.25, 0.3) is 0 Å². The van der Waals surface area contributed by atoms with Crippen LogP contribution in [0, 0.1) is 0 Å². The van der Waals surface area contributed by atoms with Crippen molar-refractivity contribution in [2.45, 2.75) is 0 Å². The summed E-state index contributed by atoms with van der Waals surface area (Å²) >= 11 is 0. The molecule has 0 bridgehead atoms. The summed E-state index contributed by atoms with van der Waals surface area (Å²) in [5.74, 6) is -0.336. The van der Waals surface area contributed by atoms with Crippen molar-refractivity contribution in [3.63, 3.8) is 0 Å². The Bertz CT molecular complexity index is 702. The average molecular weight is 324 g/mol. The fourth-order valence-electron chi connectivity index (χ4n) is 2.54. The van der Waals surface area contributed by atoms with Gasteiger partial charge in [0.05, 0.1) is 31.6 Å². The lowest BCUT2D eigenvalue weighted by Gasteiger charge is -2.28. The molecule has 2 aromatic rings. The van der Waals surface area contributed by atoms with Crippen molar-refractivity contribution in [3.05, 3.63) is 59.7 Å². The molecule has 0 atom stereocenters. The molecular weight excluding hydrogens is 304 g/mol. The minimum atomic E-state index is -0.336. The number of carbonyl (C=O) groups is 1. The Morgan fingerprint density at radius 1 is 1.08 bits per heavy atom. The summed E-state index contributed by atoms with van der Waals surface area (Å²) in [5.41, 5.74) is 3.55. The first-order valence-electron chi connectivity index (χ1n) is 7.91. The van der Waals surface area contributed by atoms with Gasteiger partial charge in [0.2, 0.25) is 0 Å². The Labute approximate surface area is 141 Å². The topological polar surface area (TPSA) is 51.1 Å². The molecule has 3 rings (SSSR count). The molecule has 1 aliphatic rings. The Morgan fingerprint density at radius 2 is 1.75 bits per heavy atom. The zero-order valence-corrected chi connectivity index (χ0v) is 13.6. The summed E-state index contributed by atoms with van der Waals surface area (Å²) in [7, 11) is 1.37. The molecule has 5 heteroatoms. The smallest absolute Gasteiger partial charge is 0.337 e. The van der Waals surface area contributed by atoms with E-state index < -0.39 is 0 Å². The molecule has 0 aliphatic carbocycles. The van der Waals surface area contributed by atoms with Crippen LogP contribution in [0.4, 0.5) is 11.4 Å². The maximum absolute atomic E-state index is 11.4. The van der Waals surface area contributed by atoms with Crippen molar-refractivity contribution in [1.82, 2.24) is 0 Å². The fraction of sp³-hybridized carbons (Fsp3) is 0.263. The van der Waals surface area contributed by atoms with E-state index in [4.69, 9.17) is 4.74 Å². The minimum absolute atomic E-state index is 0.336. The van der Waals surface area contributed by atoms with Crippen LogP contribution < -0.4 is 4.90 Å². The van der Waals surface area contributed by atoms with Crippen LogP contribution in [-0.4, -0.2) is 45.6 Å². The number of hydrogen-bond acceptors (Lipinski definition) is 5. The van der Waals surface area contributed by atoms with Crippen LogP contribution in [0.5, 0.6) is 0 Å². The quantitative estimate of drug-likeness (QED) is 0.641. The van der Waals surface area contributed by atoms with E-state index in [0.717, 1.165) is 37.6 Å². The Balaban J connectivity index is 1.64. The normalized spacial score (nSPS) is 14.8. The number of anilines is 1. The number of aliphatic imine (C=N–C) groups is 1. The van der Waals surface area contributed by atoms with E-state index in [1.54, 1.807) is 18.3 Å². The molecule has 1 heterocycles. The molecule has 0 amide bonds. The Hall–Kier alpha value is -2.66. The van der Waals surface area contributed by atoms with Crippen molar-refractivity contribution in [1.29, 1.82) is 0 Å². The number of morpholine rings is 1. The zero-order chi connectivity index (χ0) is 16.8. The van der Waals surface area contributed by atoms with Crippen molar-refractivity contribution in [2.24, 2.45) is 4.99 Å². The van der Waals surface area contributed by atoms with Crippen molar-refractivity contribution in [3.8, 4) is 0 Å². The highest BCUT2D eigenvalue weighted by molar-refractivity contribution is 5.91. The third kappa shape index (κ3) is 4.00. The number of benzene rings is 2. The lowest BCUT2D eigenvalue weighted by atomic mass is 10.1. The van der Waals surface area contributed by atoms with Gasteiger partial charge < -0.3 is 14.4 Å². The molecule has 5 nitrogen and oxygen atoms in total. The SMILES string of the molecule is COC(=O)c1ccc(C=Nc2ccc(N3CCOCC3)cc2)cc1. The van der Waals surface area contributed by atoms with Crippen LogP contribution in [0.15, 0.2) is 53.5 Å². The van der Waals surface area contributed by atoms with Crippen LogP contribution >= 0.6 is 0 Å². The molecule has 0 spiro atoms. The third-order valence-corrected chi connectivity index (χ3v) is 3.92. The van der Waals surface area contributed by atoms with Gasteiger partial charge in [-0.05, 0) is 42.0 Å². The molecule has 1 aliphatic heterocycles. The van der Waals surface area contributed by atoms with Gasteiger partial charge in [-0.15, -0.1) is 0 Å². The van der Waals surface area contributed by atoms with Crippen LogP contribution in [-0.2, 0) is 9.47 Å². The largest absolute Gasteiger partial charge is 0.465 e. The first-order valence-corrected chi connectivity index (χ1v) is 7.91. The van der Waals surface area contributed by atoms with Crippen LogP contribution in [0.3, 0.4) is 0 Å². The predicted octanol–water partition coefficient (Wildman–Crippen LogP) is 3.06. The van der Waals surface area contributed by atoms with Gasteiger partial charge >= 0.3 is 5.97 Å². The van der Waals surface area contributed by atoms with E-state index in [2.05, 4.69) is 26.8 Å². The molecule has 1 saturated heterocycles. The van der Waals surface area contributed by atoms with E-state index in [-0.39, 0.29) is 5.97 Å². The van der Waals surface area contributed by atoms with Gasteiger partial charge in [-0.1, -0.05) is 12.1 Å². The van der Waals surface area contributed by atoms with E-state index in [1.807, 2.05) is 24.3 Å². The van der Waals surface area contributed by atoms with Crippen LogP contribution in [0.2, 0.25) is 0 Å². The first-order chi connectivity index (χ1) is 11.8. The fourth-order valence-corrected chi connectivity index (χ4v) is 2.54. The lowest BCUT2D eigenvalue weighted by Crippen LogP contribution is -2.36. The van der Waals surface area contributed by atoms with Crippen molar-refractivity contribution in [2.75, 3.05) is 38.3 Å². The highest BCUT2D eigenvalue weighted by Gasteiger charge is 2.10. The standard InChI is InChI=1S/C19H20N2O3/c1-23-19(22)16-4-2-15(3-5-16)14-20-17-6-8-18(9-7-17)21-10-12-24-13-11-21/h2-9,14H,10-13H2,1H3. The highest BCUT2D eigenvalue weighted by Crippen LogP contribution is 2.20. The number of ether oxygens (including phenoxy) is 2. The predicted molar refractivity (Wildman–Crippen MR) is 94.5 cm³/mol. The lowest BCUT2D eigenvalue weighted by molar-refractivity contribution is 0.0600. The summed E-state index contributed by atoms with van der Waals surface area (Å²) in [6.07, 6.45) is 1.78. The van der Waals surface area contributed by atoms with E-state index in [0.29, 0.717) is 5.56 Å². The molecular formula is C19H20N2O3. The summed E-state index contributed by atoms with van der Waals surface area (Å²) in [6.45, 7) is 3.41. The molecule has 0 N–H and O–H groups in total. The van der Waals surface area contributed by atoms with Gasteiger partial charge in [-0.25, -0.2) is 4.79 Å². The first kappa shape index (κ1) is 16.2. The van der Waals surface area contributed by atoms with Gasteiger partial charge in [0, 0.05) is 25.0 Å². The molecule has 0 unspecified atom stereocenters. The minimum Gasteiger partial charge on any atom is -0.465 e. The molecule has 1 fully saturated rings. The Kier molecular flexibility index (Phi) is 5.23. The van der Waals surface area contributed by atoms with Crippen LogP contribution in [0.1, 0.15) is 15.9 Å². The number of rotatable bonds is 4. The highest BCUT2D eigenvalue weighted by atomic mass is 16.5. The maximum atomic E-state index is 11.4. The molecule has 2 aromatic carbocycles. The summed E-state index contributed by atoms with van der Waals surface area (Å²) in [5, 5.41) is 0. The number of carbonyl (C=O) groups excluding carboxylic acids is 1. The third-order valence-electron chi connectivity index (χ3n) is 3.92. The molecule has 124 valence electrons. The van der Waals surface area contributed by atoms with Crippen molar-refractivity contribution < 1.29 is 14.3 Å². The zero-order valence-electron chi connectivity index (χ0n) is 13.6. The van der Waals surface area contributed by atoms with Gasteiger partial charge in [-0.3, -0.25) is 4.99 Å². The van der Waals surface area contributed by atoms with E-state index in [1.165, 1.54) is 12.8 Å². The van der Waals surface area contributed by atoms with Gasteiger partial charge in [-0.2, -0.15) is 0 Å². The number of methoxy groups -OCH3 is 1. The molecule has 0 saturated carbocycles. The Morgan fingerprint density at radius 3 is 2.38 bits per heavy atom. The summed E-state index contributed by atoms with van der Waals surface area (Å²) in [6, 6.07) is 15.3. The molecule has 24 heavy (non-hydrogen) atoms. The number of hydrogen-bond donors (Lipinski definition) is 0. The maximum Gasteiger partial charge on any atom is 0.337 e. The number of nitrogens with zero attached hydrogens (tertiary/aromatic N) is 2. The number of esters is 1. The average Bonchev–Trinajstić information content (AvgIpc) is 2.67. The van der Waals surface area contributed by atoms with E-state index in [9.17, 15) is 4.79 Å². The molecule has 0 aromatic heterocycles. The molecule has 0 radical (unpaired) electrons. The monoisotopic (exact) mass is 324 g/mol. The van der Waals surface area contributed by atoms with Gasteiger partial charge in [0.15, 0.2) is 0 Å². The summed E-state index contributed by atoms with van der Waals surface area (Å²) < 4.78 is 10.1. The van der Waals surface area contributed by atoms with Crippen molar-refractivity contribution >= 4 is 23.6 Å². The second-order valence-corrected chi connectivity index (χ2v) is 5.49. The van der Waals surface area contributed by atoms with Gasteiger partial charge in [0.1, 0.15) is 0 Å². The second-order valence-electron chi connectivity index (χ2n) is 5.49. The summed E-state index contributed by atoms with van der Waals surface area (Å²) in [4.78, 5) is 18.2. The van der Waals surface area contributed by atoms with Gasteiger partial charge in [0.25, 0.3) is 0 Å².